The monoisotopic (exact) mass is 341 g/mol. The van der Waals surface area contributed by atoms with Crippen molar-refractivity contribution < 1.29 is 14.3 Å². The van der Waals surface area contributed by atoms with Gasteiger partial charge in [0.05, 0.1) is 6.54 Å². The third-order valence-corrected chi connectivity index (χ3v) is 3.93. The number of ether oxygens (including phenoxy) is 2. The molecule has 0 aliphatic heterocycles. The molecule has 0 saturated carbocycles. The normalized spacial score (nSPS) is 11.6. The van der Waals surface area contributed by atoms with Crippen LogP contribution in [0.2, 0.25) is 0 Å². The highest BCUT2D eigenvalue weighted by molar-refractivity contribution is 5.81. The minimum absolute atomic E-state index is 0.117. The zero-order valence-electron chi connectivity index (χ0n) is 15.2. The number of rotatable bonds is 9. The summed E-state index contributed by atoms with van der Waals surface area (Å²) in [6.45, 7) is 6.93. The van der Waals surface area contributed by atoms with Gasteiger partial charge in [-0.25, -0.2) is 0 Å². The van der Waals surface area contributed by atoms with Crippen molar-refractivity contribution >= 4 is 5.91 Å². The summed E-state index contributed by atoms with van der Waals surface area (Å²) < 4.78 is 11.4. The largest absolute Gasteiger partial charge is 0.492 e. The molecule has 2 rings (SSSR count). The Morgan fingerprint density at radius 2 is 1.84 bits per heavy atom. The van der Waals surface area contributed by atoms with Gasteiger partial charge in [-0.1, -0.05) is 38.1 Å². The Bertz CT molecular complexity index is 667. The molecule has 0 radical (unpaired) electrons. The molecule has 25 heavy (non-hydrogen) atoms. The molecule has 2 aromatic carbocycles. The van der Waals surface area contributed by atoms with Gasteiger partial charge in [0.15, 0.2) is 6.10 Å². The highest BCUT2D eigenvalue weighted by atomic mass is 16.5. The predicted molar refractivity (Wildman–Crippen MR) is 100 cm³/mol. The molecule has 1 amide bonds. The molecule has 0 aromatic heterocycles. The van der Waals surface area contributed by atoms with Gasteiger partial charge in [0, 0.05) is 0 Å². The lowest BCUT2D eigenvalue weighted by atomic mass is 10.2. The second-order valence-electron chi connectivity index (χ2n) is 5.97. The minimum atomic E-state index is -0.495. The van der Waals surface area contributed by atoms with E-state index in [4.69, 9.17) is 9.47 Å². The van der Waals surface area contributed by atoms with Crippen LogP contribution in [0.25, 0.3) is 0 Å². The van der Waals surface area contributed by atoms with Gasteiger partial charge in [-0.05, 0) is 55.2 Å². The van der Waals surface area contributed by atoms with E-state index < -0.39 is 6.10 Å². The summed E-state index contributed by atoms with van der Waals surface area (Å²) in [4.78, 5) is 12.3. The second kappa shape index (κ2) is 9.72. The van der Waals surface area contributed by atoms with Gasteiger partial charge in [-0.3, -0.25) is 4.79 Å². The first-order valence-corrected chi connectivity index (χ1v) is 8.85. The first kappa shape index (κ1) is 18.8. The Balaban J connectivity index is 1.75. The first-order valence-electron chi connectivity index (χ1n) is 8.85. The van der Waals surface area contributed by atoms with E-state index in [-0.39, 0.29) is 5.91 Å². The number of aryl methyl sites for hydroxylation is 2. The number of nitrogens with one attached hydrogen (secondary N) is 1. The van der Waals surface area contributed by atoms with Gasteiger partial charge in [0.1, 0.15) is 18.1 Å². The van der Waals surface area contributed by atoms with Crippen LogP contribution in [-0.4, -0.2) is 25.2 Å². The second-order valence-corrected chi connectivity index (χ2v) is 5.97. The fourth-order valence-electron chi connectivity index (χ4n) is 2.45. The fraction of sp³-hybridized carbons (Fsp3) is 0.381. The smallest absolute Gasteiger partial charge is 0.261 e. The average molecular weight is 341 g/mol. The number of amides is 1. The number of benzene rings is 2. The number of carbonyl (C=O) groups is 1. The maximum Gasteiger partial charge on any atom is 0.261 e. The zero-order valence-corrected chi connectivity index (χ0v) is 15.2. The lowest BCUT2D eigenvalue weighted by Gasteiger charge is -2.17. The molecular formula is C21H27NO3. The maximum atomic E-state index is 12.3. The molecule has 2 aromatic rings. The molecule has 0 saturated heterocycles. The summed E-state index contributed by atoms with van der Waals surface area (Å²) >= 11 is 0. The molecule has 0 aliphatic rings. The summed E-state index contributed by atoms with van der Waals surface area (Å²) in [7, 11) is 0. The summed E-state index contributed by atoms with van der Waals surface area (Å²) in [5.41, 5.74) is 2.38. The minimum Gasteiger partial charge on any atom is -0.492 e. The van der Waals surface area contributed by atoms with Crippen molar-refractivity contribution in [1.29, 1.82) is 0 Å². The van der Waals surface area contributed by atoms with E-state index in [0.29, 0.717) is 25.3 Å². The summed E-state index contributed by atoms with van der Waals surface area (Å²) in [5, 5.41) is 2.87. The summed E-state index contributed by atoms with van der Waals surface area (Å²) in [6.07, 6.45) is 1.13. The van der Waals surface area contributed by atoms with Crippen LogP contribution in [0.4, 0.5) is 0 Å². The van der Waals surface area contributed by atoms with Gasteiger partial charge in [-0.15, -0.1) is 0 Å². The first-order chi connectivity index (χ1) is 12.1. The Kier molecular flexibility index (Phi) is 7.33. The van der Waals surface area contributed by atoms with E-state index >= 15 is 0 Å². The van der Waals surface area contributed by atoms with Crippen molar-refractivity contribution in [3.05, 3.63) is 59.7 Å². The van der Waals surface area contributed by atoms with Gasteiger partial charge >= 0.3 is 0 Å². The van der Waals surface area contributed by atoms with Gasteiger partial charge in [0.25, 0.3) is 5.91 Å². The number of carbonyl (C=O) groups excluding carboxylic acids is 1. The molecule has 0 unspecified atom stereocenters. The van der Waals surface area contributed by atoms with Gasteiger partial charge in [-0.2, -0.15) is 0 Å². The molecule has 4 nitrogen and oxygen atoms in total. The fourth-order valence-corrected chi connectivity index (χ4v) is 2.45. The van der Waals surface area contributed by atoms with E-state index in [1.807, 2.05) is 50.2 Å². The van der Waals surface area contributed by atoms with E-state index in [0.717, 1.165) is 17.7 Å². The van der Waals surface area contributed by atoms with Crippen LogP contribution in [-0.2, 0) is 11.2 Å². The molecule has 0 heterocycles. The molecular weight excluding hydrogens is 314 g/mol. The lowest BCUT2D eigenvalue weighted by Crippen LogP contribution is -2.39. The van der Waals surface area contributed by atoms with E-state index in [9.17, 15) is 4.79 Å². The van der Waals surface area contributed by atoms with Crippen LogP contribution in [0.3, 0.4) is 0 Å². The third kappa shape index (κ3) is 6.14. The molecule has 0 bridgehead atoms. The van der Waals surface area contributed by atoms with Crippen molar-refractivity contribution in [2.45, 2.75) is 39.7 Å². The third-order valence-electron chi connectivity index (χ3n) is 3.93. The van der Waals surface area contributed by atoms with Crippen LogP contribution in [0, 0.1) is 6.92 Å². The van der Waals surface area contributed by atoms with Crippen molar-refractivity contribution in [3.63, 3.8) is 0 Å². The predicted octanol–water partition coefficient (Wildman–Crippen LogP) is 3.91. The van der Waals surface area contributed by atoms with Crippen molar-refractivity contribution in [3.8, 4) is 11.5 Å². The molecule has 134 valence electrons. The SMILES string of the molecule is CCc1ccc(OCCNC(=O)[C@@H](CC)Oc2cccc(C)c2)cc1. The van der Waals surface area contributed by atoms with Crippen LogP contribution in [0.1, 0.15) is 31.4 Å². The maximum absolute atomic E-state index is 12.3. The van der Waals surface area contributed by atoms with Crippen LogP contribution in [0.5, 0.6) is 11.5 Å². The standard InChI is InChI=1S/C21H27NO3/c1-4-17-9-11-18(12-10-17)24-14-13-22-21(23)20(5-2)25-19-8-6-7-16(3)15-19/h6-12,15,20H,4-5,13-14H2,1-3H3,(H,22,23)/t20-/m1/s1. The summed E-state index contributed by atoms with van der Waals surface area (Å²) in [5.74, 6) is 1.41. The van der Waals surface area contributed by atoms with E-state index in [1.54, 1.807) is 0 Å². The molecule has 0 fully saturated rings. The van der Waals surface area contributed by atoms with Crippen molar-refractivity contribution in [2.24, 2.45) is 0 Å². The van der Waals surface area contributed by atoms with Crippen LogP contribution in [0.15, 0.2) is 48.5 Å². The summed E-state index contributed by atoms with van der Waals surface area (Å²) in [6, 6.07) is 15.7. The number of hydrogen-bond acceptors (Lipinski definition) is 3. The molecule has 1 N–H and O–H groups in total. The zero-order chi connectivity index (χ0) is 18.1. The van der Waals surface area contributed by atoms with Crippen molar-refractivity contribution in [2.75, 3.05) is 13.2 Å². The number of hydrogen-bond donors (Lipinski definition) is 1. The quantitative estimate of drug-likeness (QED) is 0.704. The molecule has 0 aliphatic carbocycles. The van der Waals surface area contributed by atoms with Crippen molar-refractivity contribution in [1.82, 2.24) is 5.32 Å². The van der Waals surface area contributed by atoms with Gasteiger partial charge < -0.3 is 14.8 Å². The van der Waals surface area contributed by atoms with Gasteiger partial charge in [0.2, 0.25) is 0 Å². The molecule has 0 spiro atoms. The average Bonchev–Trinajstić information content (AvgIpc) is 2.63. The van der Waals surface area contributed by atoms with Crippen LogP contribution >= 0.6 is 0 Å². The molecule has 4 heteroatoms. The van der Waals surface area contributed by atoms with E-state index in [2.05, 4.69) is 24.4 Å². The Morgan fingerprint density at radius 1 is 1.08 bits per heavy atom. The Labute approximate surface area is 150 Å². The highest BCUT2D eigenvalue weighted by Crippen LogP contribution is 2.15. The van der Waals surface area contributed by atoms with Crippen LogP contribution < -0.4 is 14.8 Å². The lowest BCUT2D eigenvalue weighted by molar-refractivity contribution is -0.128. The Hall–Kier alpha value is -2.49. The van der Waals surface area contributed by atoms with E-state index in [1.165, 1.54) is 5.56 Å². The Morgan fingerprint density at radius 3 is 2.48 bits per heavy atom. The highest BCUT2D eigenvalue weighted by Gasteiger charge is 2.17. The topological polar surface area (TPSA) is 47.6 Å². The molecule has 1 atom stereocenters.